The highest BCUT2D eigenvalue weighted by Gasteiger charge is 2.41. The lowest BCUT2D eigenvalue weighted by Gasteiger charge is -2.35. The van der Waals surface area contributed by atoms with Crippen molar-refractivity contribution in [2.45, 2.75) is 51.3 Å². The van der Waals surface area contributed by atoms with E-state index in [4.69, 9.17) is 11.6 Å². The molecular weight excluding hydrogens is 575 g/mol. The van der Waals surface area contributed by atoms with Gasteiger partial charge in [0, 0.05) is 36.7 Å². The van der Waals surface area contributed by atoms with Crippen molar-refractivity contribution in [1.82, 2.24) is 19.6 Å². The molecule has 0 spiro atoms. The SMILES string of the molecule is C[C@@H]1Cc2nn3c(c2CN1C(=O)c1ccc(Cl)c(C(F)(F)F)c1)C(=O)N(Cc1ccc(OC(F)F)cc1)C[C@H]3CO. The number of aliphatic hydroxyl groups is 1. The van der Waals surface area contributed by atoms with Crippen LogP contribution in [0.15, 0.2) is 42.5 Å². The molecule has 41 heavy (non-hydrogen) atoms. The zero-order chi connectivity index (χ0) is 29.6. The smallest absolute Gasteiger partial charge is 0.417 e. The van der Waals surface area contributed by atoms with Crippen LogP contribution in [0, 0.1) is 0 Å². The van der Waals surface area contributed by atoms with Crippen molar-refractivity contribution in [1.29, 1.82) is 0 Å². The average Bonchev–Trinajstić information content (AvgIpc) is 3.28. The van der Waals surface area contributed by atoms with E-state index in [1.165, 1.54) is 32.7 Å². The van der Waals surface area contributed by atoms with Gasteiger partial charge in [0.15, 0.2) is 0 Å². The minimum Gasteiger partial charge on any atom is -0.435 e. The summed E-state index contributed by atoms with van der Waals surface area (Å²) in [5.41, 5.74) is 0.509. The van der Waals surface area contributed by atoms with E-state index in [0.29, 0.717) is 22.9 Å². The molecule has 2 aliphatic heterocycles. The normalized spacial score (nSPS) is 18.9. The molecule has 1 aromatic heterocycles. The first kappa shape index (κ1) is 28.8. The number of aliphatic hydroxyl groups excluding tert-OH is 1. The van der Waals surface area contributed by atoms with Crippen molar-refractivity contribution in [2.24, 2.45) is 0 Å². The van der Waals surface area contributed by atoms with Crippen molar-refractivity contribution in [2.75, 3.05) is 13.2 Å². The number of hydrogen-bond donors (Lipinski definition) is 1. The molecule has 0 saturated heterocycles. The van der Waals surface area contributed by atoms with Gasteiger partial charge in [-0.05, 0) is 42.8 Å². The standard InChI is InChI=1S/C27H24ClF5N4O4/c1-14-8-22-19(12-36(14)24(39)16-4-7-21(28)20(9-16)27(31,32)33)23-25(40)35(11-17(13-38)37(23)34-22)10-15-2-5-18(6-3-15)41-26(29)30/h2-7,9,14,17,26,38H,8,10-13H2,1H3/t14-,17+/m1/s1. The lowest BCUT2D eigenvalue weighted by atomic mass is 9.97. The Labute approximate surface area is 235 Å². The quantitative estimate of drug-likeness (QED) is 0.407. The van der Waals surface area contributed by atoms with E-state index in [1.54, 1.807) is 19.1 Å². The second-order valence-corrected chi connectivity index (χ2v) is 10.3. The molecule has 2 atom stereocenters. The second kappa shape index (κ2) is 10.9. The molecule has 0 bridgehead atoms. The summed E-state index contributed by atoms with van der Waals surface area (Å²) in [5, 5.41) is 14.1. The van der Waals surface area contributed by atoms with Crippen LogP contribution in [-0.4, -0.2) is 62.3 Å². The number of fused-ring (bicyclic) bond motifs is 3. The van der Waals surface area contributed by atoms with Gasteiger partial charge in [-0.15, -0.1) is 0 Å². The van der Waals surface area contributed by atoms with Crippen molar-refractivity contribution >= 4 is 23.4 Å². The first-order valence-corrected chi connectivity index (χ1v) is 13.0. The van der Waals surface area contributed by atoms with Gasteiger partial charge >= 0.3 is 12.8 Å². The number of nitrogens with zero attached hydrogens (tertiary/aromatic N) is 4. The zero-order valence-electron chi connectivity index (χ0n) is 21.5. The van der Waals surface area contributed by atoms with Crippen molar-refractivity contribution in [3.63, 3.8) is 0 Å². The summed E-state index contributed by atoms with van der Waals surface area (Å²) < 4.78 is 71.0. The highest BCUT2D eigenvalue weighted by atomic mass is 35.5. The predicted molar refractivity (Wildman–Crippen MR) is 136 cm³/mol. The zero-order valence-corrected chi connectivity index (χ0v) is 22.3. The molecule has 3 heterocycles. The van der Waals surface area contributed by atoms with Gasteiger partial charge in [-0.1, -0.05) is 23.7 Å². The molecule has 5 rings (SSSR count). The van der Waals surface area contributed by atoms with Crippen LogP contribution >= 0.6 is 11.6 Å². The average molecular weight is 599 g/mol. The number of halogens is 6. The van der Waals surface area contributed by atoms with E-state index in [0.717, 1.165) is 6.07 Å². The van der Waals surface area contributed by atoms with E-state index in [2.05, 4.69) is 9.84 Å². The molecule has 0 fully saturated rings. The van der Waals surface area contributed by atoms with Crippen LogP contribution < -0.4 is 4.74 Å². The maximum absolute atomic E-state index is 13.7. The molecule has 2 aromatic carbocycles. The molecule has 1 N–H and O–H groups in total. The summed E-state index contributed by atoms with van der Waals surface area (Å²) in [6.45, 7) is -1.41. The van der Waals surface area contributed by atoms with Crippen LogP contribution in [0.1, 0.15) is 56.2 Å². The fourth-order valence-electron chi connectivity index (χ4n) is 5.20. The van der Waals surface area contributed by atoms with Gasteiger partial charge in [-0.3, -0.25) is 14.3 Å². The first-order valence-electron chi connectivity index (χ1n) is 12.6. The minimum atomic E-state index is -4.75. The Kier molecular flexibility index (Phi) is 7.68. The highest BCUT2D eigenvalue weighted by Crippen LogP contribution is 2.37. The van der Waals surface area contributed by atoms with E-state index in [1.807, 2.05) is 0 Å². The summed E-state index contributed by atoms with van der Waals surface area (Å²) in [6, 6.07) is 7.75. The van der Waals surface area contributed by atoms with Gasteiger partial charge < -0.3 is 19.6 Å². The van der Waals surface area contributed by atoms with Gasteiger partial charge in [-0.25, -0.2) is 0 Å². The Bertz CT molecular complexity index is 1480. The Morgan fingerprint density at radius 2 is 1.90 bits per heavy atom. The monoisotopic (exact) mass is 598 g/mol. The lowest BCUT2D eigenvalue weighted by Crippen LogP contribution is -2.45. The summed E-state index contributed by atoms with van der Waals surface area (Å²) in [5.74, 6) is -1.10. The maximum Gasteiger partial charge on any atom is 0.417 e. The Morgan fingerprint density at radius 3 is 2.54 bits per heavy atom. The number of alkyl halides is 5. The molecule has 218 valence electrons. The summed E-state index contributed by atoms with van der Waals surface area (Å²) >= 11 is 5.72. The van der Waals surface area contributed by atoms with Gasteiger partial charge in [0.1, 0.15) is 11.4 Å². The van der Waals surface area contributed by atoms with Crippen LogP contribution in [-0.2, 0) is 25.7 Å². The fraction of sp³-hybridized carbons (Fsp3) is 0.370. The van der Waals surface area contributed by atoms with Crippen molar-refractivity contribution < 1.29 is 41.4 Å². The van der Waals surface area contributed by atoms with Crippen molar-refractivity contribution in [3.05, 3.63) is 81.1 Å². The number of aromatic nitrogens is 2. The Balaban J connectivity index is 1.43. The first-order chi connectivity index (χ1) is 19.4. The molecule has 0 unspecified atom stereocenters. The van der Waals surface area contributed by atoms with Gasteiger partial charge in [0.25, 0.3) is 11.8 Å². The minimum absolute atomic E-state index is 0.0315. The largest absolute Gasteiger partial charge is 0.435 e. The highest BCUT2D eigenvalue weighted by molar-refractivity contribution is 6.31. The van der Waals surface area contributed by atoms with Crippen LogP contribution in [0.25, 0.3) is 0 Å². The van der Waals surface area contributed by atoms with E-state index in [-0.39, 0.29) is 49.7 Å². The molecular formula is C27H24ClF5N4O4. The van der Waals surface area contributed by atoms with Crippen LogP contribution in [0.5, 0.6) is 5.75 Å². The number of benzene rings is 2. The van der Waals surface area contributed by atoms with Crippen LogP contribution in [0.2, 0.25) is 5.02 Å². The second-order valence-electron chi connectivity index (χ2n) is 9.94. The van der Waals surface area contributed by atoms with E-state index < -0.39 is 47.3 Å². The molecule has 2 aliphatic rings. The third-order valence-corrected chi connectivity index (χ3v) is 7.55. The summed E-state index contributed by atoms with van der Waals surface area (Å²) in [4.78, 5) is 29.9. The number of carbonyl (C=O) groups is 2. The number of carbonyl (C=O) groups excluding carboxylic acids is 2. The molecule has 0 radical (unpaired) electrons. The third kappa shape index (κ3) is 5.60. The Hall–Kier alpha value is -3.71. The molecule has 0 saturated carbocycles. The third-order valence-electron chi connectivity index (χ3n) is 7.22. The van der Waals surface area contributed by atoms with Gasteiger partial charge in [0.2, 0.25) is 0 Å². The number of amides is 2. The van der Waals surface area contributed by atoms with E-state index >= 15 is 0 Å². The number of ether oxygens (including phenoxy) is 1. The lowest BCUT2D eigenvalue weighted by molar-refractivity contribution is -0.137. The van der Waals surface area contributed by atoms with Gasteiger partial charge in [-0.2, -0.15) is 27.1 Å². The molecule has 8 nitrogen and oxygen atoms in total. The molecule has 2 amide bonds. The number of rotatable bonds is 6. The molecule has 14 heteroatoms. The summed E-state index contributed by atoms with van der Waals surface area (Å²) in [6.07, 6.45) is -4.50. The maximum atomic E-state index is 13.7. The van der Waals surface area contributed by atoms with Crippen LogP contribution in [0.4, 0.5) is 22.0 Å². The van der Waals surface area contributed by atoms with Crippen LogP contribution in [0.3, 0.4) is 0 Å². The molecule has 0 aliphatic carbocycles. The topological polar surface area (TPSA) is 87.9 Å². The number of hydrogen-bond acceptors (Lipinski definition) is 5. The summed E-state index contributed by atoms with van der Waals surface area (Å²) in [7, 11) is 0. The van der Waals surface area contributed by atoms with E-state index in [9.17, 15) is 36.6 Å². The van der Waals surface area contributed by atoms with Gasteiger partial charge in [0.05, 0.1) is 35.5 Å². The fourth-order valence-corrected chi connectivity index (χ4v) is 5.42. The Morgan fingerprint density at radius 1 is 1.20 bits per heavy atom. The predicted octanol–water partition coefficient (Wildman–Crippen LogP) is 4.93. The van der Waals surface area contributed by atoms with Crippen molar-refractivity contribution in [3.8, 4) is 5.75 Å². The molecule has 3 aromatic rings.